The Hall–Kier alpha value is -0.480. The molecule has 2 bridgehead atoms. The van der Waals surface area contributed by atoms with E-state index in [0.717, 1.165) is 32.4 Å². The highest BCUT2D eigenvalue weighted by molar-refractivity contribution is 6.42. The fourth-order valence-corrected chi connectivity index (χ4v) is 7.22. The molecule has 0 amide bonds. The second-order valence-corrected chi connectivity index (χ2v) is 11.2. The number of benzene rings is 2. The van der Waals surface area contributed by atoms with E-state index >= 15 is 0 Å². The van der Waals surface area contributed by atoms with E-state index in [1.54, 1.807) is 0 Å². The van der Waals surface area contributed by atoms with Crippen molar-refractivity contribution in [3.63, 3.8) is 0 Å². The molecule has 166 valence electrons. The van der Waals surface area contributed by atoms with Gasteiger partial charge in [-0.2, -0.15) is 0 Å². The molecule has 2 aromatic carbocycles. The van der Waals surface area contributed by atoms with Crippen molar-refractivity contribution in [2.24, 2.45) is 5.92 Å². The van der Waals surface area contributed by atoms with Crippen LogP contribution >= 0.6 is 46.4 Å². The Morgan fingerprint density at radius 1 is 0.710 bits per heavy atom. The molecule has 1 N–H and O–H groups in total. The van der Waals surface area contributed by atoms with Gasteiger partial charge in [0.05, 0.1) is 26.2 Å². The highest BCUT2D eigenvalue weighted by atomic mass is 35.5. The second-order valence-electron chi connectivity index (χ2n) is 9.59. The third kappa shape index (κ3) is 4.03. The number of hydrogen-bond acceptors (Lipinski definition) is 2. The van der Waals surface area contributed by atoms with Crippen molar-refractivity contribution in [3.8, 4) is 0 Å². The highest BCUT2D eigenvalue weighted by Gasteiger charge is 2.57. The zero-order valence-corrected chi connectivity index (χ0v) is 20.4. The Morgan fingerprint density at radius 3 is 1.71 bits per heavy atom. The van der Waals surface area contributed by atoms with Gasteiger partial charge in [0, 0.05) is 5.54 Å². The molecule has 0 spiro atoms. The van der Waals surface area contributed by atoms with Gasteiger partial charge in [-0.25, -0.2) is 0 Å². The smallest absolute Gasteiger partial charge is 0.0597 e. The number of rotatable bonds is 3. The first-order valence-corrected chi connectivity index (χ1v) is 12.7. The molecule has 0 radical (unpaired) electrons. The fraction of sp³-hybridized carbons (Fsp3) is 0.520. The summed E-state index contributed by atoms with van der Waals surface area (Å²) in [6.45, 7) is 2.22. The first-order chi connectivity index (χ1) is 14.9. The van der Waals surface area contributed by atoms with Crippen LogP contribution in [0.4, 0.5) is 0 Å². The number of aliphatic hydroxyl groups excluding tert-OH is 1. The average Bonchev–Trinajstić information content (AvgIpc) is 2.78. The van der Waals surface area contributed by atoms with Gasteiger partial charge in [-0.05, 0) is 98.3 Å². The molecule has 0 aromatic heterocycles. The minimum atomic E-state index is -0.372. The lowest BCUT2D eigenvalue weighted by Crippen LogP contribution is -2.63. The van der Waals surface area contributed by atoms with Crippen LogP contribution in [0.5, 0.6) is 0 Å². The van der Waals surface area contributed by atoms with Crippen LogP contribution in [0, 0.1) is 5.92 Å². The fourth-order valence-electron chi connectivity index (χ4n) is 6.60. The van der Waals surface area contributed by atoms with Gasteiger partial charge in [0.1, 0.15) is 0 Å². The van der Waals surface area contributed by atoms with E-state index in [-0.39, 0.29) is 29.4 Å². The van der Waals surface area contributed by atoms with Crippen LogP contribution in [0.15, 0.2) is 36.4 Å². The van der Waals surface area contributed by atoms with Crippen LogP contribution in [0.25, 0.3) is 0 Å². The van der Waals surface area contributed by atoms with Gasteiger partial charge in [-0.1, -0.05) is 65.0 Å². The monoisotopic (exact) mass is 497 g/mol. The van der Waals surface area contributed by atoms with Crippen LogP contribution < -0.4 is 0 Å². The minimum Gasteiger partial charge on any atom is -0.393 e. The summed E-state index contributed by atoms with van der Waals surface area (Å²) in [5.41, 5.74) is 2.33. The number of nitrogens with zero attached hydrogens (tertiary/aromatic N) is 1. The van der Waals surface area contributed by atoms with Crippen molar-refractivity contribution in [2.75, 3.05) is 13.1 Å². The summed E-state index contributed by atoms with van der Waals surface area (Å²) in [5.74, 6) is 0.545. The van der Waals surface area contributed by atoms with Gasteiger partial charge in [-0.3, -0.25) is 4.90 Å². The van der Waals surface area contributed by atoms with E-state index in [4.69, 9.17) is 46.4 Å². The Balaban J connectivity index is 1.60. The van der Waals surface area contributed by atoms with Gasteiger partial charge < -0.3 is 5.11 Å². The molecule has 0 unspecified atom stereocenters. The quantitative estimate of drug-likeness (QED) is 0.471. The number of halogens is 4. The van der Waals surface area contributed by atoms with Gasteiger partial charge in [0.2, 0.25) is 0 Å². The van der Waals surface area contributed by atoms with E-state index in [0.29, 0.717) is 20.1 Å². The van der Waals surface area contributed by atoms with Crippen LogP contribution in [-0.4, -0.2) is 34.7 Å². The summed E-state index contributed by atoms with van der Waals surface area (Å²) in [4.78, 5) is 2.67. The number of hydrogen-bond donors (Lipinski definition) is 1. The van der Waals surface area contributed by atoms with Crippen LogP contribution in [0.2, 0.25) is 20.1 Å². The lowest BCUT2D eigenvalue weighted by atomic mass is 9.51. The molecule has 1 heterocycles. The van der Waals surface area contributed by atoms with E-state index in [2.05, 4.69) is 17.0 Å². The summed E-state index contributed by atoms with van der Waals surface area (Å²) in [5, 5.41) is 13.8. The zero-order valence-electron chi connectivity index (χ0n) is 17.3. The molecule has 3 aliphatic carbocycles. The Bertz CT molecular complexity index is 912. The largest absolute Gasteiger partial charge is 0.393 e. The molecule has 1 aliphatic heterocycles. The molecule has 1 saturated heterocycles. The number of aliphatic hydroxyl groups is 1. The third-order valence-electron chi connectivity index (χ3n) is 7.93. The van der Waals surface area contributed by atoms with Crippen LogP contribution in [-0.2, 0) is 0 Å². The molecule has 6 heteroatoms. The van der Waals surface area contributed by atoms with Crippen molar-refractivity contribution >= 4 is 46.4 Å². The van der Waals surface area contributed by atoms with Crippen LogP contribution in [0.3, 0.4) is 0 Å². The SMILES string of the molecule is O[C@H]1CC2(N3CCCCC3)C[C@@H](c3ccc(Cl)c(Cl)c3)C1[C@H](c1ccc(Cl)c(Cl)c1)C2. The lowest BCUT2D eigenvalue weighted by Gasteiger charge is -2.61. The van der Waals surface area contributed by atoms with E-state index in [1.807, 2.05) is 24.3 Å². The van der Waals surface area contributed by atoms with Crippen molar-refractivity contribution in [1.82, 2.24) is 4.90 Å². The topological polar surface area (TPSA) is 23.5 Å². The zero-order chi connectivity index (χ0) is 21.8. The molecule has 4 aliphatic rings. The molecule has 2 nitrogen and oxygen atoms in total. The molecule has 2 aromatic rings. The van der Waals surface area contributed by atoms with E-state index < -0.39 is 0 Å². The van der Waals surface area contributed by atoms with Crippen molar-refractivity contribution in [2.45, 2.75) is 62.0 Å². The third-order valence-corrected chi connectivity index (χ3v) is 9.41. The normalized spacial score (nSPS) is 33.6. The highest BCUT2D eigenvalue weighted by Crippen LogP contribution is 2.60. The van der Waals surface area contributed by atoms with Gasteiger partial charge in [0.25, 0.3) is 0 Å². The predicted octanol–water partition coefficient (Wildman–Crippen LogP) is 7.57. The number of piperidine rings is 1. The second kappa shape index (κ2) is 8.70. The van der Waals surface area contributed by atoms with Gasteiger partial charge in [-0.15, -0.1) is 0 Å². The Kier molecular flexibility index (Phi) is 6.27. The van der Waals surface area contributed by atoms with Gasteiger partial charge >= 0.3 is 0 Å². The Labute approximate surface area is 204 Å². The summed E-state index contributed by atoms with van der Waals surface area (Å²) >= 11 is 25.3. The number of fused-ring (bicyclic) bond motifs is 3. The average molecular weight is 499 g/mol. The van der Waals surface area contributed by atoms with Gasteiger partial charge in [0.15, 0.2) is 0 Å². The summed E-state index contributed by atoms with van der Waals surface area (Å²) in [7, 11) is 0. The summed E-state index contributed by atoms with van der Waals surface area (Å²) in [6.07, 6.45) is 6.32. The maximum atomic E-state index is 11.5. The van der Waals surface area contributed by atoms with Crippen molar-refractivity contribution in [1.29, 1.82) is 0 Å². The molecule has 6 rings (SSSR count). The molecule has 31 heavy (non-hydrogen) atoms. The summed E-state index contributed by atoms with van der Waals surface area (Å²) in [6, 6.07) is 11.9. The Morgan fingerprint density at radius 2 is 1.23 bits per heavy atom. The van der Waals surface area contributed by atoms with Crippen LogP contribution in [0.1, 0.15) is 61.5 Å². The number of likely N-dealkylation sites (tertiary alicyclic amines) is 1. The molecule has 3 saturated carbocycles. The predicted molar refractivity (Wildman–Crippen MR) is 130 cm³/mol. The molecule has 4 fully saturated rings. The van der Waals surface area contributed by atoms with E-state index in [9.17, 15) is 5.11 Å². The first kappa shape index (κ1) is 22.3. The lowest BCUT2D eigenvalue weighted by molar-refractivity contribution is -0.110. The summed E-state index contributed by atoms with van der Waals surface area (Å²) < 4.78 is 0. The molecule has 3 atom stereocenters. The maximum absolute atomic E-state index is 11.5. The minimum absolute atomic E-state index is 0.0118. The molecular weight excluding hydrogens is 472 g/mol. The first-order valence-electron chi connectivity index (χ1n) is 11.2. The standard InChI is InChI=1S/C25H27Cl4NO/c26-19-6-4-15(10-21(19)28)17-12-25(30-8-2-1-3-9-30)13-18(24(17)23(31)14-25)16-5-7-20(27)22(29)11-16/h4-7,10-11,17-18,23-24,31H,1-3,8-9,12-14H2/t17-,18-,23-,24?,25?/m0/s1. The van der Waals surface area contributed by atoms with Crippen molar-refractivity contribution in [3.05, 3.63) is 67.6 Å². The molecular formula is C25H27Cl4NO. The maximum Gasteiger partial charge on any atom is 0.0597 e. The van der Waals surface area contributed by atoms with E-state index in [1.165, 1.54) is 30.4 Å². The van der Waals surface area contributed by atoms with Crippen molar-refractivity contribution < 1.29 is 5.11 Å².